The molecule has 1 aliphatic rings. The molecule has 1 aromatic heterocycles. The van der Waals surface area contributed by atoms with Gasteiger partial charge in [0, 0.05) is 19.3 Å². The molecule has 1 fully saturated rings. The van der Waals surface area contributed by atoms with E-state index >= 15 is 0 Å². The monoisotopic (exact) mass is 320 g/mol. The molecule has 1 aliphatic heterocycles. The number of nitrogens with zero attached hydrogens (tertiary/aromatic N) is 2. The first kappa shape index (κ1) is 17.2. The van der Waals surface area contributed by atoms with Gasteiger partial charge >= 0.3 is 5.97 Å². The maximum atomic E-state index is 12.8. The van der Waals surface area contributed by atoms with Gasteiger partial charge in [-0.05, 0) is 38.3 Å². The van der Waals surface area contributed by atoms with Crippen LogP contribution in [0.15, 0.2) is 18.3 Å². The van der Waals surface area contributed by atoms with Gasteiger partial charge in [0.25, 0.3) is 5.91 Å². The molecule has 0 spiro atoms. The van der Waals surface area contributed by atoms with Crippen LogP contribution in [0.4, 0.5) is 0 Å². The minimum atomic E-state index is -0.837. The quantitative estimate of drug-likeness (QED) is 0.871. The molecular weight excluding hydrogens is 296 g/mol. The average molecular weight is 320 g/mol. The van der Waals surface area contributed by atoms with Crippen LogP contribution in [0.25, 0.3) is 0 Å². The third kappa shape index (κ3) is 3.63. The van der Waals surface area contributed by atoms with Crippen LogP contribution in [0.2, 0.25) is 0 Å². The van der Waals surface area contributed by atoms with E-state index in [9.17, 15) is 14.7 Å². The van der Waals surface area contributed by atoms with Crippen LogP contribution in [0.5, 0.6) is 5.88 Å². The lowest BCUT2D eigenvalue weighted by Crippen LogP contribution is -2.50. The summed E-state index contributed by atoms with van der Waals surface area (Å²) in [5, 5.41) is 9.65. The maximum Gasteiger partial charge on any atom is 0.311 e. The first-order valence-electron chi connectivity index (χ1n) is 8.14. The van der Waals surface area contributed by atoms with Crippen LogP contribution < -0.4 is 4.74 Å². The summed E-state index contributed by atoms with van der Waals surface area (Å²) in [5.74, 6) is -0.710. The molecule has 0 bridgehead atoms. The Morgan fingerprint density at radius 3 is 2.87 bits per heavy atom. The third-order valence-electron chi connectivity index (χ3n) is 4.33. The van der Waals surface area contributed by atoms with E-state index in [1.807, 2.05) is 13.8 Å². The molecule has 0 aliphatic carbocycles. The molecule has 0 aromatic carbocycles. The van der Waals surface area contributed by atoms with Crippen molar-refractivity contribution in [3.8, 4) is 5.88 Å². The summed E-state index contributed by atoms with van der Waals surface area (Å²) in [6, 6.07) is 3.37. The molecule has 1 atom stereocenters. The molecule has 126 valence electrons. The minimum absolute atomic E-state index is 0.206. The molecule has 0 radical (unpaired) electrons. The molecular formula is C17H24N2O4. The Balaban J connectivity index is 2.24. The van der Waals surface area contributed by atoms with Crippen molar-refractivity contribution in [1.82, 2.24) is 9.88 Å². The number of carbonyl (C=O) groups is 2. The minimum Gasteiger partial charge on any atom is -0.481 e. The number of carboxylic acid groups (broad SMARTS) is 1. The van der Waals surface area contributed by atoms with Crippen molar-refractivity contribution < 1.29 is 19.4 Å². The molecule has 2 heterocycles. The van der Waals surface area contributed by atoms with Crippen molar-refractivity contribution in [2.75, 3.05) is 19.7 Å². The Morgan fingerprint density at radius 1 is 1.43 bits per heavy atom. The van der Waals surface area contributed by atoms with Crippen molar-refractivity contribution >= 4 is 11.9 Å². The molecule has 23 heavy (non-hydrogen) atoms. The second-order valence-electron chi connectivity index (χ2n) is 5.95. The summed E-state index contributed by atoms with van der Waals surface area (Å²) in [7, 11) is 0. The number of piperidine rings is 1. The van der Waals surface area contributed by atoms with Crippen molar-refractivity contribution in [2.45, 2.75) is 39.5 Å². The van der Waals surface area contributed by atoms with Crippen LogP contribution in [0, 0.1) is 5.41 Å². The molecule has 2 rings (SSSR count). The van der Waals surface area contributed by atoms with Gasteiger partial charge in [0.2, 0.25) is 5.88 Å². The lowest BCUT2D eigenvalue weighted by Gasteiger charge is -2.40. The van der Waals surface area contributed by atoms with Gasteiger partial charge in [0.1, 0.15) is 5.56 Å². The zero-order valence-electron chi connectivity index (χ0n) is 13.7. The van der Waals surface area contributed by atoms with Crippen molar-refractivity contribution in [3.05, 3.63) is 23.9 Å². The first-order valence-corrected chi connectivity index (χ1v) is 8.14. The molecule has 0 saturated carbocycles. The summed E-state index contributed by atoms with van der Waals surface area (Å²) in [5.41, 5.74) is -0.441. The number of aliphatic carboxylic acids is 1. The lowest BCUT2D eigenvalue weighted by atomic mass is 9.76. The van der Waals surface area contributed by atoms with E-state index in [1.54, 1.807) is 23.2 Å². The van der Waals surface area contributed by atoms with Gasteiger partial charge in [0.15, 0.2) is 0 Å². The largest absolute Gasteiger partial charge is 0.481 e. The van der Waals surface area contributed by atoms with Gasteiger partial charge in [-0.25, -0.2) is 4.98 Å². The predicted molar refractivity (Wildman–Crippen MR) is 85.5 cm³/mol. The first-order chi connectivity index (χ1) is 11.0. The van der Waals surface area contributed by atoms with Crippen LogP contribution in [-0.2, 0) is 4.79 Å². The van der Waals surface area contributed by atoms with Gasteiger partial charge in [-0.15, -0.1) is 0 Å². The highest BCUT2D eigenvalue weighted by molar-refractivity contribution is 5.96. The summed E-state index contributed by atoms with van der Waals surface area (Å²) in [6.07, 6.45) is 4.26. The molecule has 6 heteroatoms. The van der Waals surface area contributed by atoms with Crippen LogP contribution in [-0.4, -0.2) is 46.6 Å². The number of carbonyl (C=O) groups excluding carboxylic acids is 1. The lowest BCUT2D eigenvalue weighted by molar-refractivity contribution is -0.152. The number of rotatable bonds is 6. The van der Waals surface area contributed by atoms with Crippen molar-refractivity contribution in [1.29, 1.82) is 0 Å². The van der Waals surface area contributed by atoms with E-state index in [1.165, 1.54) is 0 Å². The van der Waals surface area contributed by atoms with E-state index < -0.39 is 11.4 Å². The number of aromatic nitrogens is 1. The van der Waals surface area contributed by atoms with Gasteiger partial charge < -0.3 is 14.7 Å². The standard InChI is InChI=1S/C17H24N2O4/c1-3-8-17(16(21)22)9-6-11-19(12-17)15(20)13-7-5-10-18-14(13)23-4-2/h5,7,10H,3-4,6,8-9,11-12H2,1-2H3,(H,21,22)/t17-/m1/s1. The number of pyridine rings is 1. The number of carboxylic acids is 1. The molecule has 0 unspecified atom stereocenters. The highest BCUT2D eigenvalue weighted by atomic mass is 16.5. The fraction of sp³-hybridized carbons (Fsp3) is 0.588. The van der Waals surface area contributed by atoms with Crippen LogP contribution >= 0.6 is 0 Å². The second-order valence-corrected chi connectivity index (χ2v) is 5.95. The average Bonchev–Trinajstić information content (AvgIpc) is 2.55. The van der Waals surface area contributed by atoms with E-state index in [0.717, 1.165) is 6.42 Å². The highest BCUT2D eigenvalue weighted by Crippen LogP contribution is 2.36. The van der Waals surface area contributed by atoms with Crippen LogP contribution in [0.3, 0.4) is 0 Å². The SMILES string of the molecule is CCC[C@@]1(C(=O)O)CCCN(C(=O)c2cccnc2OCC)C1. The Hall–Kier alpha value is -2.11. The summed E-state index contributed by atoms with van der Waals surface area (Å²) in [4.78, 5) is 30.3. The number of likely N-dealkylation sites (tertiary alicyclic amines) is 1. The second kappa shape index (κ2) is 7.44. The smallest absolute Gasteiger partial charge is 0.311 e. The Kier molecular flexibility index (Phi) is 5.58. The van der Waals surface area contributed by atoms with E-state index in [4.69, 9.17) is 4.74 Å². The fourth-order valence-corrected chi connectivity index (χ4v) is 3.24. The number of hydrogen-bond donors (Lipinski definition) is 1. The number of amides is 1. The summed E-state index contributed by atoms with van der Waals surface area (Å²) in [6.45, 7) is 5.04. The number of ether oxygens (including phenoxy) is 1. The normalized spacial score (nSPS) is 21.0. The fourth-order valence-electron chi connectivity index (χ4n) is 3.24. The number of hydrogen-bond acceptors (Lipinski definition) is 4. The van der Waals surface area contributed by atoms with Gasteiger partial charge in [-0.2, -0.15) is 0 Å². The predicted octanol–water partition coefficient (Wildman–Crippen LogP) is 2.59. The Bertz CT molecular complexity index is 571. The molecule has 1 N–H and O–H groups in total. The van der Waals surface area contributed by atoms with Gasteiger partial charge in [0.05, 0.1) is 12.0 Å². The van der Waals surface area contributed by atoms with Gasteiger partial charge in [-0.3, -0.25) is 9.59 Å². The molecule has 1 saturated heterocycles. The Labute approximate surface area is 136 Å². The third-order valence-corrected chi connectivity index (χ3v) is 4.33. The highest BCUT2D eigenvalue weighted by Gasteiger charge is 2.43. The van der Waals surface area contributed by atoms with E-state index in [0.29, 0.717) is 43.9 Å². The van der Waals surface area contributed by atoms with E-state index in [-0.39, 0.29) is 12.5 Å². The zero-order valence-corrected chi connectivity index (χ0v) is 13.7. The molecule has 1 amide bonds. The molecule has 6 nitrogen and oxygen atoms in total. The van der Waals surface area contributed by atoms with Gasteiger partial charge in [-0.1, -0.05) is 13.3 Å². The van der Waals surface area contributed by atoms with E-state index in [2.05, 4.69) is 4.98 Å². The summed E-state index contributed by atoms with van der Waals surface area (Å²) < 4.78 is 5.42. The van der Waals surface area contributed by atoms with Crippen LogP contribution in [0.1, 0.15) is 49.9 Å². The van der Waals surface area contributed by atoms with Crippen molar-refractivity contribution in [3.63, 3.8) is 0 Å². The summed E-state index contributed by atoms with van der Waals surface area (Å²) >= 11 is 0. The van der Waals surface area contributed by atoms with Crippen molar-refractivity contribution in [2.24, 2.45) is 5.41 Å². The topological polar surface area (TPSA) is 79.7 Å². The molecule has 1 aromatic rings. The zero-order chi connectivity index (χ0) is 16.9. The maximum absolute atomic E-state index is 12.8. The Morgan fingerprint density at radius 2 is 2.22 bits per heavy atom.